The van der Waals surface area contributed by atoms with Crippen molar-refractivity contribution < 1.29 is 24.2 Å². The molecule has 0 unspecified atom stereocenters. The van der Waals surface area contributed by atoms with Gasteiger partial charge in [-0.2, -0.15) is 0 Å². The minimum absolute atomic E-state index is 0.184. The molecular weight excluding hydrogens is 224 g/mol. The fourth-order valence-electron chi connectivity index (χ4n) is 1.52. The maximum absolute atomic E-state index is 11.5. The molecule has 92 valence electrons. The van der Waals surface area contributed by atoms with E-state index in [2.05, 4.69) is 4.74 Å². The van der Waals surface area contributed by atoms with Gasteiger partial charge in [0.2, 0.25) is 0 Å². The van der Waals surface area contributed by atoms with Gasteiger partial charge in [0.25, 0.3) is 0 Å². The Kier molecular flexibility index (Phi) is 4.23. The molecule has 1 aromatic rings. The largest absolute Gasteiger partial charge is 0.496 e. The van der Waals surface area contributed by atoms with E-state index in [1.807, 2.05) is 0 Å². The second-order valence-electron chi connectivity index (χ2n) is 3.42. The number of benzene rings is 1. The molecule has 5 heteroatoms. The van der Waals surface area contributed by atoms with Gasteiger partial charge in [-0.1, -0.05) is 0 Å². The van der Waals surface area contributed by atoms with Gasteiger partial charge in [0.05, 0.1) is 20.8 Å². The standard InChI is InChI=1S/C12H14O5/c1-7(14)9-5-11(16-2)10(12(15)17-3)4-8(9)6-13/h4-5,13H,6H2,1-3H3. The van der Waals surface area contributed by atoms with Crippen LogP contribution < -0.4 is 4.74 Å². The molecule has 0 fully saturated rings. The zero-order chi connectivity index (χ0) is 13.0. The van der Waals surface area contributed by atoms with Gasteiger partial charge >= 0.3 is 5.97 Å². The Morgan fingerprint density at radius 2 is 1.88 bits per heavy atom. The molecule has 1 aromatic carbocycles. The first-order valence-electron chi connectivity index (χ1n) is 4.96. The molecule has 5 nitrogen and oxygen atoms in total. The number of Topliss-reactive ketones (excluding diaryl/α,β-unsaturated/α-hetero) is 1. The lowest BCUT2D eigenvalue weighted by atomic mass is 10.0. The van der Waals surface area contributed by atoms with Crippen molar-refractivity contribution in [2.75, 3.05) is 14.2 Å². The van der Waals surface area contributed by atoms with E-state index in [9.17, 15) is 9.59 Å². The first-order valence-corrected chi connectivity index (χ1v) is 4.96. The van der Waals surface area contributed by atoms with Crippen LogP contribution in [-0.4, -0.2) is 31.1 Å². The average Bonchev–Trinajstić information content (AvgIpc) is 2.35. The Morgan fingerprint density at radius 1 is 1.24 bits per heavy atom. The lowest BCUT2D eigenvalue weighted by Crippen LogP contribution is -2.08. The van der Waals surface area contributed by atoms with Gasteiger partial charge in [-0.3, -0.25) is 4.79 Å². The average molecular weight is 238 g/mol. The van der Waals surface area contributed by atoms with E-state index < -0.39 is 5.97 Å². The third kappa shape index (κ3) is 2.62. The van der Waals surface area contributed by atoms with Crippen LogP contribution in [0.1, 0.15) is 33.2 Å². The van der Waals surface area contributed by atoms with Crippen LogP contribution in [0.15, 0.2) is 12.1 Å². The van der Waals surface area contributed by atoms with Gasteiger partial charge in [0, 0.05) is 5.56 Å². The Balaban J connectivity index is 3.43. The smallest absolute Gasteiger partial charge is 0.341 e. The van der Waals surface area contributed by atoms with Crippen molar-refractivity contribution in [3.05, 3.63) is 28.8 Å². The van der Waals surface area contributed by atoms with Gasteiger partial charge in [-0.15, -0.1) is 0 Å². The molecule has 0 aliphatic heterocycles. The summed E-state index contributed by atoms with van der Waals surface area (Å²) < 4.78 is 9.62. The number of carbonyl (C=O) groups is 2. The molecule has 1 rings (SSSR count). The predicted molar refractivity (Wildman–Crippen MR) is 60.3 cm³/mol. The van der Waals surface area contributed by atoms with E-state index in [-0.39, 0.29) is 23.7 Å². The molecular formula is C12H14O5. The van der Waals surface area contributed by atoms with Gasteiger partial charge in [0.15, 0.2) is 5.78 Å². The summed E-state index contributed by atoms with van der Waals surface area (Å²) in [6, 6.07) is 2.83. The van der Waals surface area contributed by atoms with E-state index in [0.29, 0.717) is 11.1 Å². The number of hydrogen-bond acceptors (Lipinski definition) is 5. The monoisotopic (exact) mass is 238 g/mol. The first-order chi connectivity index (χ1) is 8.04. The number of methoxy groups -OCH3 is 2. The molecule has 17 heavy (non-hydrogen) atoms. The molecule has 0 amide bonds. The summed E-state index contributed by atoms with van der Waals surface area (Å²) in [5, 5.41) is 9.16. The van der Waals surface area contributed by atoms with Crippen molar-refractivity contribution >= 4 is 11.8 Å². The molecule has 0 aromatic heterocycles. The highest BCUT2D eigenvalue weighted by atomic mass is 16.5. The molecule has 0 spiro atoms. The maximum Gasteiger partial charge on any atom is 0.341 e. The van der Waals surface area contributed by atoms with Gasteiger partial charge in [-0.25, -0.2) is 4.79 Å². The van der Waals surface area contributed by atoms with Crippen molar-refractivity contribution in [2.45, 2.75) is 13.5 Å². The zero-order valence-corrected chi connectivity index (χ0v) is 9.94. The molecule has 0 heterocycles. The Labute approximate surface area is 99.0 Å². The summed E-state index contributed by atoms with van der Waals surface area (Å²) in [4.78, 5) is 22.8. The molecule has 0 aliphatic carbocycles. The molecule has 0 bridgehead atoms. The van der Waals surface area contributed by atoms with Crippen LogP contribution in [0.3, 0.4) is 0 Å². The fraction of sp³-hybridized carbons (Fsp3) is 0.333. The SMILES string of the molecule is COC(=O)c1cc(CO)c(C(C)=O)cc1OC. The second-order valence-corrected chi connectivity index (χ2v) is 3.42. The fourth-order valence-corrected chi connectivity index (χ4v) is 1.52. The lowest BCUT2D eigenvalue weighted by Gasteiger charge is -2.11. The van der Waals surface area contributed by atoms with Crippen LogP contribution in [0.5, 0.6) is 5.75 Å². The number of hydrogen-bond donors (Lipinski definition) is 1. The summed E-state index contributed by atoms with van der Waals surface area (Å²) in [5.41, 5.74) is 0.889. The minimum atomic E-state index is -0.577. The normalized spacial score (nSPS) is 9.88. The van der Waals surface area contributed by atoms with E-state index in [4.69, 9.17) is 9.84 Å². The van der Waals surface area contributed by atoms with Crippen LogP contribution in [0.4, 0.5) is 0 Å². The highest BCUT2D eigenvalue weighted by Gasteiger charge is 2.18. The molecule has 0 atom stereocenters. The van der Waals surface area contributed by atoms with Crippen molar-refractivity contribution in [1.29, 1.82) is 0 Å². The number of aliphatic hydroxyl groups excluding tert-OH is 1. The van der Waals surface area contributed by atoms with Crippen molar-refractivity contribution in [2.24, 2.45) is 0 Å². The number of ether oxygens (including phenoxy) is 2. The Morgan fingerprint density at radius 3 is 2.29 bits per heavy atom. The van der Waals surface area contributed by atoms with Crippen molar-refractivity contribution in [3.63, 3.8) is 0 Å². The molecule has 1 N–H and O–H groups in total. The van der Waals surface area contributed by atoms with Gasteiger partial charge < -0.3 is 14.6 Å². The second kappa shape index (κ2) is 5.45. The predicted octanol–water partition coefficient (Wildman–Crippen LogP) is 1.18. The summed E-state index contributed by atoms with van der Waals surface area (Å²) >= 11 is 0. The number of rotatable bonds is 4. The highest BCUT2D eigenvalue weighted by molar-refractivity contribution is 5.99. The Hall–Kier alpha value is -1.88. The number of carbonyl (C=O) groups excluding carboxylic acids is 2. The summed E-state index contributed by atoms with van der Waals surface area (Å²) in [6.45, 7) is 1.05. The molecule has 0 radical (unpaired) electrons. The van der Waals surface area contributed by atoms with Crippen LogP contribution in [0.2, 0.25) is 0 Å². The van der Waals surface area contributed by atoms with Gasteiger partial charge in [-0.05, 0) is 24.6 Å². The quantitative estimate of drug-likeness (QED) is 0.629. The summed E-state index contributed by atoms with van der Waals surface area (Å²) in [5.74, 6) is -0.533. The highest BCUT2D eigenvalue weighted by Crippen LogP contribution is 2.25. The van der Waals surface area contributed by atoms with E-state index in [0.717, 1.165) is 0 Å². The van der Waals surface area contributed by atoms with Crippen LogP contribution in [0.25, 0.3) is 0 Å². The minimum Gasteiger partial charge on any atom is -0.496 e. The zero-order valence-electron chi connectivity index (χ0n) is 9.94. The summed E-state index contributed by atoms with van der Waals surface area (Å²) in [6.07, 6.45) is 0. The third-order valence-electron chi connectivity index (χ3n) is 2.38. The maximum atomic E-state index is 11.5. The van der Waals surface area contributed by atoms with Crippen molar-refractivity contribution in [3.8, 4) is 5.75 Å². The lowest BCUT2D eigenvalue weighted by molar-refractivity contribution is 0.0596. The number of aliphatic hydroxyl groups is 1. The number of esters is 1. The topological polar surface area (TPSA) is 72.8 Å². The summed E-state index contributed by atoms with van der Waals surface area (Å²) in [7, 11) is 2.64. The van der Waals surface area contributed by atoms with E-state index in [1.165, 1.54) is 33.3 Å². The van der Waals surface area contributed by atoms with Crippen LogP contribution >= 0.6 is 0 Å². The first kappa shape index (κ1) is 13.2. The van der Waals surface area contributed by atoms with E-state index >= 15 is 0 Å². The van der Waals surface area contributed by atoms with Crippen molar-refractivity contribution in [1.82, 2.24) is 0 Å². The molecule has 0 saturated heterocycles. The Bertz CT molecular complexity index is 450. The van der Waals surface area contributed by atoms with Gasteiger partial charge in [0.1, 0.15) is 11.3 Å². The molecule has 0 aliphatic rings. The van der Waals surface area contributed by atoms with Crippen LogP contribution in [0, 0.1) is 0 Å². The third-order valence-corrected chi connectivity index (χ3v) is 2.38. The number of ketones is 1. The van der Waals surface area contributed by atoms with E-state index in [1.54, 1.807) is 0 Å². The van der Waals surface area contributed by atoms with Crippen LogP contribution in [-0.2, 0) is 11.3 Å². The molecule has 0 saturated carbocycles.